The summed E-state index contributed by atoms with van der Waals surface area (Å²) in [7, 11) is 0. The van der Waals surface area contributed by atoms with E-state index >= 15 is 0 Å². The summed E-state index contributed by atoms with van der Waals surface area (Å²) in [5.74, 6) is -0.923. The molecule has 1 unspecified atom stereocenters. The van der Waals surface area contributed by atoms with Crippen LogP contribution in [0.1, 0.15) is 28.8 Å². The number of ether oxygens (including phenoxy) is 1. The molecule has 3 heterocycles. The highest BCUT2D eigenvalue weighted by Crippen LogP contribution is 2.28. The van der Waals surface area contributed by atoms with Crippen LogP contribution in [0.3, 0.4) is 0 Å². The Morgan fingerprint density at radius 2 is 1.75 bits per heavy atom. The van der Waals surface area contributed by atoms with Gasteiger partial charge in [0.15, 0.2) is 11.5 Å². The second kappa shape index (κ2) is 13.0. The maximum absolute atomic E-state index is 13.3. The van der Waals surface area contributed by atoms with Gasteiger partial charge < -0.3 is 30.7 Å². The molecule has 5 rings (SSSR count). The number of aryl methyl sites for hydroxylation is 1. The van der Waals surface area contributed by atoms with Crippen molar-refractivity contribution >= 4 is 34.9 Å². The number of aromatic nitrogens is 3. The largest absolute Gasteiger partial charge is 0.481 e. The standard InChI is InChI=1S/C30H31F2N7O5/c1-18-16-20(4-7-22(18)28(42)37-12-14-38(15-13-37)29(43)23(33)8-9-25(40)41)36-26-27-35-17-24(39(27)11-10-34-26)19-2-5-21(6-3-19)44-30(31)32/h2-7,10-11,16-17,23,30H,8-9,12-15,33H2,1H3,(H,34,36)(H,40,41). The number of benzene rings is 2. The maximum atomic E-state index is 13.3. The lowest BCUT2D eigenvalue weighted by molar-refractivity contribution is -0.138. The zero-order chi connectivity index (χ0) is 31.4. The summed E-state index contributed by atoms with van der Waals surface area (Å²) in [4.78, 5) is 48.8. The summed E-state index contributed by atoms with van der Waals surface area (Å²) in [5.41, 5.74) is 9.87. The number of fused-ring (bicyclic) bond motifs is 1. The normalized spacial score (nSPS) is 14.1. The van der Waals surface area contributed by atoms with Crippen LogP contribution in [-0.2, 0) is 9.59 Å². The number of nitrogens with one attached hydrogen (secondary N) is 1. The van der Waals surface area contributed by atoms with E-state index in [9.17, 15) is 23.2 Å². The lowest BCUT2D eigenvalue weighted by Gasteiger charge is -2.36. The number of amides is 2. The van der Waals surface area contributed by atoms with Gasteiger partial charge in [0.1, 0.15) is 5.75 Å². The van der Waals surface area contributed by atoms with E-state index in [1.165, 1.54) is 12.1 Å². The van der Waals surface area contributed by atoms with E-state index in [1.54, 1.807) is 52.7 Å². The van der Waals surface area contributed by atoms with Crippen molar-refractivity contribution in [3.8, 4) is 17.0 Å². The molecule has 1 aliphatic heterocycles. The minimum Gasteiger partial charge on any atom is -0.481 e. The molecule has 0 radical (unpaired) electrons. The molecule has 1 saturated heterocycles. The first-order chi connectivity index (χ1) is 21.1. The summed E-state index contributed by atoms with van der Waals surface area (Å²) in [6.07, 6.45) is 4.91. The number of carboxylic acids is 1. The lowest BCUT2D eigenvalue weighted by atomic mass is 10.1. The number of anilines is 2. The Bertz CT molecular complexity index is 1670. The minimum atomic E-state index is -2.90. The molecule has 12 nitrogen and oxygen atoms in total. The molecule has 0 spiro atoms. The van der Waals surface area contributed by atoms with Gasteiger partial charge >= 0.3 is 12.6 Å². The third-order valence-corrected chi connectivity index (χ3v) is 7.39. The highest BCUT2D eigenvalue weighted by Gasteiger charge is 2.28. The van der Waals surface area contributed by atoms with Gasteiger partial charge in [0.05, 0.1) is 17.9 Å². The number of imidazole rings is 1. The first kappa shape index (κ1) is 30.4. The minimum absolute atomic E-state index is 0.0611. The van der Waals surface area contributed by atoms with Gasteiger partial charge in [-0.05, 0) is 61.4 Å². The molecule has 1 aliphatic rings. The zero-order valence-electron chi connectivity index (χ0n) is 23.8. The van der Waals surface area contributed by atoms with Crippen LogP contribution in [0, 0.1) is 6.92 Å². The monoisotopic (exact) mass is 607 g/mol. The predicted octanol–water partition coefficient (Wildman–Crippen LogP) is 3.53. The fourth-order valence-electron chi connectivity index (χ4n) is 5.08. The molecule has 1 fully saturated rings. The second-order valence-corrected chi connectivity index (χ2v) is 10.3. The number of hydrogen-bond acceptors (Lipinski definition) is 8. The van der Waals surface area contributed by atoms with E-state index in [0.717, 1.165) is 16.8 Å². The van der Waals surface area contributed by atoms with Crippen LogP contribution < -0.4 is 15.8 Å². The number of alkyl halides is 2. The van der Waals surface area contributed by atoms with Gasteiger partial charge in [-0.25, -0.2) is 9.97 Å². The Kier molecular flexibility index (Phi) is 8.99. The summed E-state index contributed by atoms with van der Waals surface area (Å²) in [6, 6.07) is 10.7. The molecule has 2 aromatic heterocycles. The van der Waals surface area contributed by atoms with Gasteiger partial charge in [-0.3, -0.25) is 18.8 Å². The average Bonchev–Trinajstić information content (AvgIpc) is 3.45. The van der Waals surface area contributed by atoms with Crippen molar-refractivity contribution in [2.45, 2.75) is 32.4 Å². The first-order valence-corrected chi connectivity index (χ1v) is 13.9. The summed E-state index contributed by atoms with van der Waals surface area (Å²) in [5, 5.41) is 12.1. The second-order valence-electron chi connectivity index (χ2n) is 10.3. The van der Waals surface area contributed by atoms with Crippen LogP contribution in [0.5, 0.6) is 5.75 Å². The van der Waals surface area contributed by atoms with Gasteiger partial charge in [0.25, 0.3) is 5.91 Å². The fourth-order valence-corrected chi connectivity index (χ4v) is 5.08. The molecule has 4 N–H and O–H groups in total. The van der Waals surface area contributed by atoms with Crippen LogP contribution in [0.25, 0.3) is 16.9 Å². The molecule has 2 amide bonds. The molecule has 1 atom stereocenters. The number of rotatable bonds is 10. The number of piperazine rings is 1. The summed E-state index contributed by atoms with van der Waals surface area (Å²) >= 11 is 0. The third kappa shape index (κ3) is 6.75. The predicted molar refractivity (Wildman–Crippen MR) is 157 cm³/mol. The maximum Gasteiger partial charge on any atom is 0.387 e. The van der Waals surface area contributed by atoms with Crippen molar-refractivity contribution in [3.63, 3.8) is 0 Å². The van der Waals surface area contributed by atoms with Gasteiger partial charge in [-0.15, -0.1) is 0 Å². The summed E-state index contributed by atoms with van der Waals surface area (Å²) in [6.45, 7) is 0.253. The van der Waals surface area contributed by atoms with Crippen molar-refractivity contribution in [3.05, 3.63) is 72.2 Å². The number of nitrogens with zero attached hydrogens (tertiary/aromatic N) is 5. The fraction of sp³-hybridized carbons (Fsp3) is 0.300. The van der Waals surface area contributed by atoms with Crippen LogP contribution in [0.4, 0.5) is 20.3 Å². The molecule has 44 heavy (non-hydrogen) atoms. The molecule has 230 valence electrons. The quantitative estimate of drug-likeness (QED) is 0.246. The molecular formula is C30H31F2N7O5. The Morgan fingerprint density at radius 1 is 1.05 bits per heavy atom. The number of carboxylic acid groups (broad SMARTS) is 1. The third-order valence-electron chi connectivity index (χ3n) is 7.39. The molecule has 2 aromatic carbocycles. The van der Waals surface area contributed by atoms with Crippen LogP contribution >= 0.6 is 0 Å². The number of carbonyl (C=O) groups is 3. The Hall–Kier alpha value is -5.11. The van der Waals surface area contributed by atoms with E-state index in [-0.39, 0.29) is 30.4 Å². The SMILES string of the molecule is Cc1cc(Nc2nccn3c(-c4ccc(OC(F)F)cc4)cnc23)ccc1C(=O)N1CCN(C(=O)C(N)CCC(=O)O)CC1. The Balaban J connectivity index is 1.24. The number of carbonyl (C=O) groups excluding carboxylic acids is 2. The molecule has 4 aromatic rings. The van der Waals surface area contributed by atoms with Crippen LogP contribution in [0.15, 0.2) is 61.1 Å². The van der Waals surface area contributed by atoms with Gasteiger partial charge in [-0.2, -0.15) is 8.78 Å². The van der Waals surface area contributed by atoms with Crippen molar-refractivity contribution < 1.29 is 33.0 Å². The van der Waals surface area contributed by atoms with E-state index in [0.29, 0.717) is 48.9 Å². The van der Waals surface area contributed by atoms with Crippen molar-refractivity contribution in [1.29, 1.82) is 0 Å². The van der Waals surface area contributed by atoms with Crippen molar-refractivity contribution in [1.82, 2.24) is 24.2 Å². The van der Waals surface area contributed by atoms with E-state index < -0.39 is 18.6 Å². The van der Waals surface area contributed by atoms with E-state index in [2.05, 4.69) is 20.0 Å². The lowest BCUT2D eigenvalue weighted by Crippen LogP contribution is -2.54. The van der Waals surface area contributed by atoms with Crippen molar-refractivity contribution in [2.24, 2.45) is 5.73 Å². The van der Waals surface area contributed by atoms with Gasteiger partial charge in [0, 0.05) is 61.8 Å². The number of nitrogens with two attached hydrogens (primary N) is 1. The first-order valence-electron chi connectivity index (χ1n) is 13.9. The van der Waals surface area contributed by atoms with Gasteiger partial charge in [0.2, 0.25) is 5.91 Å². The molecule has 0 aliphatic carbocycles. The van der Waals surface area contributed by atoms with Crippen molar-refractivity contribution in [2.75, 3.05) is 31.5 Å². The van der Waals surface area contributed by atoms with E-state index in [4.69, 9.17) is 10.8 Å². The molecule has 14 heteroatoms. The average molecular weight is 608 g/mol. The zero-order valence-corrected chi connectivity index (χ0v) is 23.8. The highest BCUT2D eigenvalue weighted by atomic mass is 19.3. The van der Waals surface area contributed by atoms with Crippen LogP contribution in [0.2, 0.25) is 0 Å². The number of aliphatic carboxylic acids is 1. The topological polar surface area (TPSA) is 155 Å². The molecule has 0 saturated carbocycles. The Labute approximate surface area is 251 Å². The smallest absolute Gasteiger partial charge is 0.387 e. The highest BCUT2D eigenvalue weighted by molar-refractivity contribution is 5.96. The number of hydrogen-bond donors (Lipinski definition) is 3. The number of halogens is 2. The van der Waals surface area contributed by atoms with E-state index in [1.807, 2.05) is 17.4 Å². The molecular weight excluding hydrogens is 576 g/mol. The Morgan fingerprint density at radius 3 is 2.41 bits per heavy atom. The van der Waals surface area contributed by atoms with Gasteiger partial charge in [-0.1, -0.05) is 0 Å². The van der Waals surface area contributed by atoms with Crippen LogP contribution in [-0.4, -0.2) is 85.9 Å². The molecule has 0 bridgehead atoms. The summed E-state index contributed by atoms with van der Waals surface area (Å²) < 4.78 is 31.2.